The molecule has 0 bridgehead atoms. The maximum atomic E-state index is 12.3. The summed E-state index contributed by atoms with van der Waals surface area (Å²) in [6.45, 7) is 1.79. The Labute approximate surface area is 147 Å². The van der Waals surface area contributed by atoms with Crippen molar-refractivity contribution < 1.29 is 35.3 Å². The molecule has 26 heavy (non-hydrogen) atoms. The van der Waals surface area contributed by atoms with Crippen LogP contribution in [0.1, 0.15) is 27.2 Å². The van der Waals surface area contributed by atoms with E-state index in [4.69, 9.17) is 0 Å². The van der Waals surface area contributed by atoms with Gasteiger partial charge in [-0.2, -0.15) is 21.6 Å². The normalized spacial score (nSPS) is 11.9. The number of hydrogen-bond acceptors (Lipinski definition) is 6. The minimum atomic E-state index is -5.71. The number of carbonyl (C=O) groups excluding carboxylic acids is 1. The van der Waals surface area contributed by atoms with Crippen LogP contribution in [0.15, 0.2) is 36.5 Å². The number of nitrogens with zero attached hydrogens (tertiary/aromatic N) is 1. The molecular formula is C16H14F3NO5S. The van der Waals surface area contributed by atoms with Gasteiger partial charge in [0.25, 0.3) is 0 Å². The first-order valence-electron chi connectivity index (χ1n) is 7.17. The minimum absolute atomic E-state index is 0.129. The number of aryl methyl sites for hydroxylation is 1. The summed E-state index contributed by atoms with van der Waals surface area (Å²) in [4.78, 5) is 15.5. The maximum Gasteiger partial charge on any atom is 0.534 e. The molecule has 10 heteroatoms. The van der Waals surface area contributed by atoms with E-state index < -0.39 is 27.3 Å². The number of methoxy groups -OCH3 is 1. The zero-order valence-electron chi connectivity index (χ0n) is 13.7. The molecule has 0 fully saturated rings. The third-order valence-corrected chi connectivity index (χ3v) is 4.40. The first-order valence-corrected chi connectivity index (χ1v) is 8.58. The summed E-state index contributed by atoms with van der Waals surface area (Å²) in [5.41, 5.74) is -3.13. The topological polar surface area (TPSA) is 82.6 Å². The molecule has 2 aromatic rings. The molecule has 0 amide bonds. The summed E-state index contributed by atoms with van der Waals surface area (Å²) >= 11 is 0. The highest BCUT2D eigenvalue weighted by Gasteiger charge is 2.48. The van der Waals surface area contributed by atoms with Crippen molar-refractivity contribution in [3.8, 4) is 5.75 Å². The van der Waals surface area contributed by atoms with Crippen molar-refractivity contribution in [3.05, 3.63) is 58.9 Å². The molecule has 140 valence electrons. The van der Waals surface area contributed by atoms with Crippen LogP contribution in [-0.4, -0.2) is 32.0 Å². The number of aromatic nitrogens is 1. The zero-order chi connectivity index (χ0) is 19.5. The Kier molecular flexibility index (Phi) is 5.55. The Morgan fingerprint density at radius 2 is 1.81 bits per heavy atom. The van der Waals surface area contributed by atoms with E-state index in [9.17, 15) is 26.4 Å². The predicted molar refractivity (Wildman–Crippen MR) is 85.2 cm³/mol. The van der Waals surface area contributed by atoms with Gasteiger partial charge in [-0.15, -0.1) is 0 Å². The molecular weight excluding hydrogens is 375 g/mol. The summed E-state index contributed by atoms with van der Waals surface area (Å²) in [7, 11) is -4.47. The zero-order valence-corrected chi connectivity index (χ0v) is 14.5. The number of benzene rings is 1. The van der Waals surface area contributed by atoms with Crippen molar-refractivity contribution in [3.63, 3.8) is 0 Å². The molecule has 0 saturated heterocycles. The molecule has 0 unspecified atom stereocenters. The van der Waals surface area contributed by atoms with Crippen LogP contribution in [0.4, 0.5) is 13.2 Å². The van der Waals surface area contributed by atoms with Crippen LogP contribution < -0.4 is 4.18 Å². The molecule has 0 atom stereocenters. The van der Waals surface area contributed by atoms with Crippen molar-refractivity contribution in [2.75, 3.05) is 7.11 Å². The molecule has 1 aromatic heterocycles. The molecule has 0 N–H and O–H groups in total. The highest BCUT2D eigenvalue weighted by atomic mass is 32.2. The highest BCUT2D eigenvalue weighted by molar-refractivity contribution is 7.88. The number of hydrogen-bond donors (Lipinski definition) is 0. The van der Waals surface area contributed by atoms with Crippen molar-refractivity contribution >= 4 is 16.1 Å². The third kappa shape index (κ3) is 4.51. The Hall–Kier alpha value is -2.62. The molecule has 6 nitrogen and oxygen atoms in total. The van der Waals surface area contributed by atoms with Gasteiger partial charge in [-0.25, -0.2) is 9.78 Å². The van der Waals surface area contributed by atoms with E-state index in [2.05, 4.69) is 13.9 Å². The van der Waals surface area contributed by atoms with Gasteiger partial charge in [-0.3, -0.25) is 0 Å². The van der Waals surface area contributed by atoms with E-state index >= 15 is 0 Å². The molecule has 0 aliphatic rings. The van der Waals surface area contributed by atoms with Crippen molar-refractivity contribution in [1.29, 1.82) is 0 Å². The van der Waals surface area contributed by atoms with Gasteiger partial charge in [0, 0.05) is 6.20 Å². The number of esters is 1. The quantitative estimate of drug-likeness (QED) is 0.444. The molecule has 0 aliphatic heterocycles. The van der Waals surface area contributed by atoms with E-state index in [1.165, 1.54) is 25.4 Å². The minimum Gasteiger partial charge on any atom is -0.464 e. The first-order chi connectivity index (χ1) is 12.0. The summed E-state index contributed by atoms with van der Waals surface area (Å²) in [5, 5.41) is 0. The fraction of sp³-hybridized carbons (Fsp3) is 0.250. The van der Waals surface area contributed by atoms with Crippen LogP contribution in [0.25, 0.3) is 0 Å². The summed E-state index contributed by atoms with van der Waals surface area (Å²) in [6, 6.07) is 6.66. The van der Waals surface area contributed by atoms with Gasteiger partial charge >= 0.3 is 21.6 Å². The Morgan fingerprint density at radius 1 is 1.19 bits per heavy atom. The SMILES string of the molecule is COC(=O)c1cc(Cc2ccc(OS(=O)(=O)C(F)(F)F)cc2)c(C)cn1. The first kappa shape index (κ1) is 19.7. The van der Waals surface area contributed by atoms with Gasteiger partial charge in [0.05, 0.1) is 7.11 Å². The molecule has 0 saturated carbocycles. The molecule has 1 heterocycles. The number of alkyl halides is 3. The second-order valence-corrected chi connectivity index (χ2v) is 6.83. The van der Waals surface area contributed by atoms with Gasteiger partial charge in [0.15, 0.2) is 0 Å². The Morgan fingerprint density at radius 3 is 2.35 bits per heavy atom. The Balaban J connectivity index is 2.19. The van der Waals surface area contributed by atoms with Gasteiger partial charge < -0.3 is 8.92 Å². The van der Waals surface area contributed by atoms with Crippen molar-refractivity contribution in [1.82, 2.24) is 4.98 Å². The van der Waals surface area contributed by atoms with Crippen LogP contribution in [-0.2, 0) is 21.3 Å². The average Bonchev–Trinajstić information content (AvgIpc) is 2.56. The molecule has 0 radical (unpaired) electrons. The molecule has 2 rings (SSSR count). The lowest BCUT2D eigenvalue weighted by molar-refractivity contribution is -0.0500. The van der Waals surface area contributed by atoms with E-state index in [1.54, 1.807) is 13.0 Å². The van der Waals surface area contributed by atoms with Gasteiger partial charge in [0.1, 0.15) is 11.4 Å². The lowest BCUT2D eigenvalue weighted by Crippen LogP contribution is -2.28. The monoisotopic (exact) mass is 389 g/mol. The number of ether oxygens (including phenoxy) is 1. The average molecular weight is 389 g/mol. The lowest BCUT2D eigenvalue weighted by atomic mass is 10.0. The summed E-state index contributed by atoms with van der Waals surface area (Å²) in [6.07, 6.45) is 1.86. The van der Waals surface area contributed by atoms with Crippen LogP contribution >= 0.6 is 0 Å². The second kappa shape index (κ2) is 7.32. The van der Waals surface area contributed by atoms with Crippen LogP contribution in [0, 0.1) is 6.92 Å². The number of rotatable bonds is 5. The summed E-state index contributed by atoms with van der Waals surface area (Å²) < 4.78 is 67.5. The molecule has 1 aromatic carbocycles. The fourth-order valence-corrected chi connectivity index (χ4v) is 2.49. The summed E-state index contributed by atoms with van der Waals surface area (Å²) in [5.74, 6) is -1.04. The number of pyridine rings is 1. The van der Waals surface area contributed by atoms with E-state index in [-0.39, 0.29) is 5.69 Å². The number of halogens is 3. The van der Waals surface area contributed by atoms with Crippen LogP contribution in [0.5, 0.6) is 5.75 Å². The lowest BCUT2D eigenvalue weighted by Gasteiger charge is -2.10. The van der Waals surface area contributed by atoms with Crippen LogP contribution in [0.3, 0.4) is 0 Å². The van der Waals surface area contributed by atoms with Gasteiger partial charge in [-0.05, 0) is 48.2 Å². The smallest absolute Gasteiger partial charge is 0.464 e. The fourth-order valence-electron chi connectivity index (χ4n) is 2.03. The standard InChI is InChI=1S/C16H14F3NO5S/c1-10-9-20-14(15(21)24-2)8-12(10)7-11-3-5-13(6-4-11)25-26(22,23)16(17,18)19/h3-6,8-9H,7H2,1-2H3. The largest absolute Gasteiger partial charge is 0.534 e. The predicted octanol–water partition coefficient (Wildman–Crippen LogP) is 3.00. The molecule has 0 spiro atoms. The number of carbonyl (C=O) groups is 1. The maximum absolute atomic E-state index is 12.3. The Bertz CT molecular complexity index is 908. The van der Waals surface area contributed by atoms with Gasteiger partial charge in [0.2, 0.25) is 0 Å². The van der Waals surface area contributed by atoms with E-state index in [0.29, 0.717) is 12.0 Å². The third-order valence-electron chi connectivity index (χ3n) is 3.42. The second-order valence-electron chi connectivity index (χ2n) is 5.29. The van der Waals surface area contributed by atoms with Crippen molar-refractivity contribution in [2.45, 2.75) is 18.9 Å². The highest BCUT2D eigenvalue weighted by Crippen LogP contribution is 2.27. The van der Waals surface area contributed by atoms with Gasteiger partial charge in [-0.1, -0.05) is 12.1 Å². The van der Waals surface area contributed by atoms with Crippen molar-refractivity contribution in [2.24, 2.45) is 0 Å². The molecule has 0 aliphatic carbocycles. The van der Waals surface area contributed by atoms with Crippen LogP contribution in [0.2, 0.25) is 0 Å². The van der Waals surface area contributed by atoms with E-state index in [1.807, 2.05) is 0 Å². The van der Waals surface area contributed by atoms with E-state index in [0.717, 1.165) is 23.3 Å².